The topological polar surface area (TPSA) is 20.3 Å². The van der Waals surface area contributed by atoms with Crippen LogP contribution in [-0.4, -0.2) is 23.8 Å². The first-order valence-corrected chi connectivity index (χ1v) is 25.4. The number of Topliss-reactive ketones (excluding diaryl/α,β-unsaturated/α-hetero) is 1. The molecule has 3 rings (SSSR count). The molecule has 2 unspecified atom stereocenters. The number of ketones is 1. The molecule has 0 aliphatic heterocycles. The maximum absolute atomic E-state index is 13.4. The van der Waals surface area contributed by atoms with Gasteiger partial charge in [-0.05, 0) is 72.9 Å². The minimum absolute atomic E-state index is 0.0791. The lowest BCUT2D eigenvalue weighted by Gasteiger charge is -2.31. The molecule has 1 aromatic carbocycles. The van der Waals surface area contributed by atoms with Crippen LogP contribution in [0.25, 0.3) is 6.08 Å². The summed E-state index contributed by atoms with van der Waals surface area (Å²) < 4.78 is 0. The van der Waals surface area contributed by atoms with Crippen molar-refractivity contribution in [3.05, 3.63) is 41.0 Å². The molecule has 2 saturated carbocycles. The lowest BCUT2D eigenvalue weighted by molar-refractivity contribution is -0.125. The second-order valence-electron chi connectivity index (χ2n) is 19.7. The van der Waals surface area contributed by atoms with Gasteiger partial charge in [0.2, 0.25) is 0 Å². The molecule has 0 heterocycles. The highest BCUT2D eigenvalue weighted by molar-refractivity contribution is 6.07. The Morgan fingerprint density at radius 1 is 0.518 bits per heavy atom. The molecule has 1 aromatic rings. The number of hydrogen-bond acceptors (Lipinski definition) is 2. The Hall–Kier alpha value is -1.41. The van der Waals surface area contributed by atoms with E-state index >= 15 is 0 Å². The smallest absolute Gasteiger partial charge is 0.165 e. The number of fused-ring (bicyclic) bond motifs is 2. The van der Waals surface area contributed by atoms with Crippen molar-refractivity contribution in [2.75, 3.05) is 13.1 Å². The van der Waals surface area contributed by atoms with Gasteiger partial charge in [0.25, 0.3) is 0 Å². The zero-order chi connectivity index (χ0) is 40.2. The summed E-state index contributed by atoms with van der Waals surface area (Å²) in [6, 6.07) is 9.23. The van der Waals surface area contributed by atoms with Crippen LogP contribution in [0, 0.1) is 16.7 Å². The Bertz CT molecular complexity index is 1110. The summed E-state index contributed by atoms with van der Waals surface area (Å²) in [5.41, 5.74) is 3.61. The van der Waals surface area contributed by atoms with Crippen LogP contribution >= 0.6 is 0 Å². The van der Waals surface area contributed by atoms with Crippen molar-refractivity contribution in [3.8, 4) is 0 Å². The second-order valence-corrected chi connectivity index (χ2v) is 19.7. The van der Waals surface area contributed by atoms with Crippen molar-refractivity contribution < 1.29 is 4.79 Å². The minimum Gasteiger partial charge on any atom is -0.299 e. The van der Waals surface area contributed by atoms with Gasteiger partial charge >= 0.3 is 0 Å². The molecule has 0 N–H and O–H groups in total. The molecule has 0 spiro atoms. The van der Waals surface area contributed by atoms with E-state index in [4.69, 9.17) is 0 Å². The van der Waals surface area contributed by atoms with Crippen molar-refractivity contribution in [3.63, 3.8) is 0 Å². The summed E-state index contributed by atoms with van der Waals surface area (Å²) in [5.74, 6) is 0.821. The number of carbonyl (C=O) groups is 1. The summed E-state index contributed by atoms with van der Waals surface area (Å²) in [7, 11) is 0. The van der Waals surface area contributed by atoms with Crippen molar-refractivity contribution in [1.82, 2.24) is 4.90 Å². The average molecular weight is 774 g/mol. The van der Waals surface area contributed by atoms with Crippen molar-refractivity contribution in [1.29, 1.82) is 0 Å². The highest BCUT2D eigenvalue weighted by atomic mass is 16.1. The molecule has 2 bridgehead atoms. The fourth-order valence-corrected chi connectivity index (χ4v) is 10.3. The van der Waals surface area contributed by atoms with Gasteiger partial charge in [0.1, 0.15) is 0 Å². The SMILES string of the molecule is CCCCCCCCCCCCCCCCCCN(CCCCCCCCCCCCCCCCCC)Cc1ccc(/C=C2/C(=O)C3(C)CCC2C3(C)C)cc1. The van der Waals surface area contributed by atoms with Crippen molar-refractivity contribution in [2.24, 2.45) is 16.7 Å². The number of rotatable bonds is 37. The molecule has 322 valence electrons. The van der Waals surface area contributed by atoms with E-state index < -0.39 is 0 Å². The Balaban J connectivity index is 1.32. The second kappa shape index (κ2) is 29.7. The zero-order valence-electron chi connectivity index (χ0n) is 38.5. The number of benzene rings is 1. The van der Waals surface area contributed by atoms with E-state index in [0.29, 0.717) is 11.7 Å². The molecule has 0 radical (unpaired) electrons. The van der Waals surface area contributed by atoms with Crippen LogP contribution in [-0.2, 0) is 11.3 Å². The molecule has 2 nitrogen and oxygen atoms in total. The van der Waals surface area contributed by atoms with Crippen LogP contribution in [0.3, 0.4) is 0 Å². The van der Waals surface area contributed by atoms with Crippen molar-refractivity contribution in [2.45, 2.75) is 259 Å². The first kappa shape index (κ1) is 49.0. The monoisotopic (exact) mass is 774 g/mol. The Morgan fingerprint density at radius 3 is 1.18 bits per heavy atom. The third-order valence-electron chi connectivity index (χ3n) is 14.7. The minimum atomic E-state index is -0.177. The fourth-order valence-electron chi connectivity index (χ4n) is 10.3. The maximum atomic E-state index is 13.4. The summed E-state index contributed by atoms with van der Waals surface area (Å²) in [4.78, 5) is 16.2. The summed E-state index contributed by atoms with van der Waals surface area (Å²) in [6.45, 7) is 15.0. The largest absolute Gasteiger partial charge is 0.299 e. The third kappa shape index (κ3) is 18.2. The highest BCUT2D eigenvalue weighted by Crippen LogP contribution is 2.65. The first-order chi connectivity index (χ1) is 27.3. The molecule has 0 saturated heterocycles. The van der Waals surface area contributed by atoms with Gasteiger partial charge < -0.3 is 0 Å². The van der Waals surface area contributed by atoms with Gasteiger partial charge in [-0.25, -0.2) is 0 Å². The van der Waals surface area contributed by atoms with E-state index in [0.717, 1.165) is 25.0 Å². The van der Waals surface area contributed by atoms with Gasteiger partial charge in [0, 0.05) is 12.0 Å². The summed E-state index contributed by atoms with van der Waals surface area (Å²) in [6.07, 6.45) is 50.2. The molecule has 2 heteroatoms. The lowest BCUT2D eigenvalue weighted by atomic mass is 9.70. The number of carbonyl (C=O) groups excluding carboxylic acids is 1. The Kier molecular flexibility index (Phi) is 26.0. The van der Waals surface area contributed by atoms with Crippen LogP contribution in [0.4, 0.5) is 0 Å². The average Bonchev–Trinajstić information content (AvgIpc) is 3.51. The van der Waals surface area contributed by atoms with E-state index in [9.17, 15) is 4.79 Å². The molecule has 0 aromatic heterocycles. The molecule has 2 atom stereocenters. The maximum Gasteiger partial charge on any atom is 0.165 e. The summed E-state index contributed by atoms with van der Waals surface area (Å²) in [5, 5.41) is 0. The van der Waals surface area contributed by atoms with Crippen LogP contribution in [0.15, 0.2) is 29.8 Å². The molecular formula is C54H95NO. The number of unbranched alkanes of at least 4 members (excludes halogenated alkanes) is 30. The van der Waals surface area contributed by atoms with Gasteiger partial charge in [0.15, 0.2) is 5.78 Å². The van der Waals surface area contributed by atoms with Gasteiger partial charge in [-0.15, -0.1) is 0 Å². The third-order valence-corrected chi connectivity index (χ3v) is 14.7. The lowest BCUT2D eigenvalue weighted by Crippen LogP contribution is -2.32. The zero-order valence-corrected chi connectivity index (χ0v) is 38.5. The molecule has 2 fully saturated rings. The number of hydrogen-bond donors (Lipinski definition) is 0. The van der Waals surface area contributed by atoms with Crippen LogP contribution in [0.5, 0.6) is 0 Å². The predicted molar refractivity (Wildman–Crippen MR) is 248 cm³/mol. The Labute approximate surface area is 350 Å². The van der Waals surface area contributed by atoms with Crippen molar-refractivity contribution >= 4 is 11.9 Å². The van der Waals surface area contributed by atoms with Gasteiger partial charge in [0.05, 0.1) is 0 Å². The van der Waals surface area contributed by atoms with Gasteiger partial charge in [-0.2, -0.15) is 0 Å². The first-order valence-electron chi connectivity index (χ1n) is 25.4. The molecule has 2 aliphatic rings. The van der Waals surface area contributed by atoms with Crippen LogP contribution in [0.2, 0.25) is 0 Å². The molecular weight excluding hydrogens is 679 g/mol. The predicted octanol–water partition coefficient (Wildman–Crippen LogP) is 17.4. The number of nitrogens with zero attached hydrogens (tertiary/aromatic N) is 1. The Morgan fingerprint density at radius 2 is 0.857 bits per heavy atom. The molecule has 0 amide bonds. The number of allylic oxidation sites excluding steroid dienone is 1. The standard InChI is InChI=1S/C54H95NO/c1-6-8-10-12-14-16-18-20-22-24-26-28-30-32-34-36-44-55(45-37-35-33-31-29-27-25-23-21-19-17-15-13-11-9-7-2)47-49-40-38-48(39-41-49)46-50-51-42-43-54(5,52(50)56)53(51,3)4/h38-41,46,51H,6-37,42-45,47H2,1-5H3/b50-46+. The van der Waals surface area contributed by atoms with E-state index in [1.807, 2.05) is 0 Å². The van der Waals surface area contributed by atoms with E-state index in [-0.39, 0.29) is 10.8 Å². The quantitative estimate of drug-likeness (QED) is 0.0496. The normalized spacial score (nSPS) is 19.6. The highest BCUT2D eigenvalue weighted by Gasteiger charge is 2.63. The molecule has 56 heavy (non-hydrogen) atoms. The van der Waals surface area contributed by atoms with E-state index in [1.165, 1.54) is 230 Å². The van der Waals surface area contributed by atoms with Gasteiger partial charge in [-0.3, -0.25) is 9.69 Å². The fraction of sp³-hybridized carbons (Fsp3) is 0.833. The van der Waals surface area contributed by atoms with E-state index in [1.54, 1.807) is 0 Å². The molecule has 2 aliphatic carbocycles. The van der Waals surface area contributed by atoms with Gasteiger partial charge in [-0.1, -0.05) is 252 Å². The summed E-state index contributed by atoms with van der Waals surface area (Å²) >= 11 is 0. The van der Waals surface area contributed by atoms with Crippen LogP contribution in [0.1, 0.15) is 264 Å². The van der Waals surface area contributed by atoms with Crippen LogP contribution < -0.4 is 0 Å². The van der Waals surface area contributed by atoms with E-state index in [2.05, 4.69) is 69.9 Å².